The second-order valence-corrected chi connectivity index (χ2v) is 5.33. The van der Waals surface area contributed by atoms with Crippen molar-refractivity contribution in [1.82, 2.24) is 9.78 Å². The molecule has 0 aliphatic rings. The Morgan fingerprint density at radius 1 is 1.59 bits per heavy atom. The van der Waals surface area contributed by atoms with Gasteiger partial charge in [-0.2, -0.15) is 5.10 Å². The molecule has 2 aromatic heterocycles. The fourth-order valence-corrected chi connectivity index (χ4v) is 2.70. The van der Waals surface area contributed by atoms with Gasteiger partial charge in [-0.1, -0.05) is 6.07 Å². The lowest BCUT2D eigenvalue weighted by atomic mass is 10.2. The molecule has 1 unspecified atom stereocenters. The average molecular weight is 250 g/mol. The van der Waals surface area contributed by atoms with Gasteiger partial charge in [0.2, 0.25) is 0 Å². The summed E-state index contributed by atoms with van der Waals surface area (Å²) >= 11 is 1.78. The number of hydrogen-bond acceptors (Lipinski definition) is 4. The van der Waals surface area contributed by atoms with E-state index in [1.807, 2.05) is 14.0 Å². The molecule has 0 fully saturated rings. The Hall–Kier alpha value is -1.49. The van der Waals surface area contributed by atoms with E-state index in [0.717, 1.165) is 23.6 Å². The maximum atomic E-state index is 5.98. The fraction of sp³-hybridized carbons (Fsp3) is 0.417. The minimum absolute atomic E-state index is 0.339. The van der Waals surface area contributed by atoms with Gasteiger partial charge < -0.3 is 11.1 Å². The van der Waals surface area contributed by atoms with Crippen LogP contribution in [0.4, 0.5) is 11.5 Å². The normalized spacial score (nSPS) is 12.6. The minimum Gasteiger partial charge on any atom is -0.394 e. The SMILES string of the molecule is Cc1nn(C)c(NC(C)Cc2cccs2)c1N. The largest absolute Gasteiger partial charge is 0.394 e. The summed E-state index contributed by atoms with van der Waals surface area (Å²) in [5.41, 5.74) is 7.60. The standard InChI is InChI=1S/C12H18N4S/c1-8(7-10-5-4-6-17-10)14-12-11(13)9(2)15-16(12)3/h4-6,8,14H,7,13H2,1-3H3. The highest BCUT2D eigenvalue weighted by Crippen LogP contribution is 2.22. The van der Waals surface area contributed by atoms with Crippen molar-refractivity contribution in [3.05, 3.63) is 28.1 Å². The molecule has 17 heavy (non-hydrogen) atoms. The van der Waals surface area contributed by atoms with Crippen molar-refractivity contribution >= 4 is 22.8 Å². The smallest absolute Gasteiger partial charge is 0.147 e. The van der Waals surface area contributed by atoms with Crippen LogP contribution in [-0.2, 0) is 13.5 Å². The van der Waals surface area contributed by atoms with E-state index < -0.39 is 0 Å². The van der Waals surface area contributed by atoms with Gasteiger partial charge in [-0.3, -0.25) is 4.68 Å². The molecule has 2 heterocycles. The van der Waals surface area contributed by atoms with Crippen molar-refractivity contribution in [2.24, 2.45) is 7.05 Å². The second kappa shape index (κ2) is 4.79. The number of rotatable bonds is 4. The molecule has 0 radical (unpaired) electrons. The van der Waals surface area contributed by atoms with Gasteiger partial charge in [0.1, 0.15) is 5.82 Å². The highest BCUT2D eigenvalue weighted by atomic mass is 32.1. The van der Waals surface area contributed by atoms with Gasteiger partial charge in [0.15, 0.2) is 0 Å². The molecule has 0 amide bonds. The number of nitrogen functional groups attached to an aromatic ring is 1. The van der Waals surface area contributed by atoms with Crippen molar-refractivity contribution in [1.29, 1.82) is 0 Å². The van der Waals surface area contributed by atoms with Crippen LogP contribution in [0.15, 0.2) is 17.5 Å². The predicted octanol–water partition coefficient (Wildman–Crippen LogP) is 2.42. The van der Waals surface area contributed by atoms with E-state index in [2.05, 4.69) is 34.9 Å². The van der Waals surface area contributed by atoms with Crippen LogP contribution in [0, 0.1) is 6.92 Å². The van der Waals surface area contributed by atoms with Crippen molar-refractivity contribution in [3.8, 4) is 0 Å². The van der Waals surface area contributed by atoms with E-state index in [1.165, 1.54) is 4.88 Å². The number of nitrogens with one attached hydrogen (secondary N) is 1. The highest BCUT2D eigenvalue weighted by molar-refractivity contribution is 7.09. The van der Waals surface area contributed by atoms with Crippen molar-refractivity contribution in [2.75, 3.05) is 11.1 Å². The molecule has 0 saturated heterocycles. The molecule has 5 heteroatoms. The monoisotopic (exact) mass is 250 g/mol. The number of hydrogen-bond donors (Lipinski definition) is 2. The molecule has 92 valence electrons. The first-order chi connectivity index (χ1) is 8.08. The Morgan fingerprint density at radius 3 is 2.88 bits per heavy atom. The molecule has 0 aromatic carbocycles. The lowest BCUT2D eigenvalue weighted by Gasteiger charge is -2.15. The summed E-state index contributed by atoms with van der Waals surface area (Å²) in [5, 5.41) is 9.81. The molecule has 0 aliphatic carbocycles. The van der Waals surface area contributed by atoms with E-state index in [0.29, 0.717) is 6.04 Å². The van der Waals surface area contributed by atoms with E-state index in [9.17, 15) is 0 Å². The van der Waals surface area contributed by atoms with Crippen LogP contribution in [0.25, 0.3) is 0 Å². The van der Waals surface area contributed by atoms with E-state index >= 15 is 0 Å². The van der Waals surface area contributed by atoms with Crippen molar-refractivity contribution in [2.45, 2.75) is 26.3 Å². The Bertz CT molecular complexity index is 487. The molecule has 2 aromatic rings. The summed E-state index contributed by atoms with van der Waals surface area (Å²) < 4.78 is 1.80. The second-order valence-electron chi connectivity index (χ2n) is 4.30. The summed E-state index contributed by atoms with van der Waals surface area (Å²) in [6.45, 7) is 4.08. The number of thiophene rings is 1. The third kappa shape index (κ3) is 2.61. The molecule has 4 nitrogen and oxygen atoms in total. The zero-order valence-corrected chi connectivity index (χ0v) is 11.2. The average Bonchev–Trinajstić information content (AvgIpc) is 2.83. The van der Waals surface area contributed by atoms with Crippen LogP contribution in [0.5, 0.6) is 0 Å². The molecule has 3 N–H and O–H groups in total. The first-order valence-electron chi connectivity index (χ1n) is 5.66. The van der Waals surface area contributed by atoms with E-state index in [4.69, 9.17) is 5.73 Å². The van der Waals surface area contributed by atoms with Crippen LogP contribution in [-0.4, -0.2) is 15.8 Å². The summed E-state index contributed by atoms with van der Waals surface area (Å²) in [4.78, 5) is 1.38. The molecule has 1 atom stereocenters. The van der Waals surface area contributed by atoms with Gasteiger partial charge in [-0.15, -0.1) is 11.3 Å². The Labute approximate surface area is 105 Å². The molecule has 2 rings (SSSR count). The zero-order chi connectivity index (χ0) is 12.4. The van der Waals surface area contributed by atoms with E-state index in [-0.39, 0.29) is 0 Å². The van der Waals surface area contributed by atoms with Gasteiger partial charge in [-0.25, -0.2) is 0 Å². The van der Waals surface area contributed by atoms with Gasteiger partial charge in [0.05, 0.1) is 11.4 Å². The summed E-state index contributed by atoms with van der Waals surface area (Å²) in [6.07, 6.45) is 1.00. The van der Waals surface area contributed by atoms with Gasteiger partial charge in [0, 0.05) is 24.4 Å². The number of nitrogens with zero attached hydrogens (tertiary/aromatic N) is 2. The first kappa shape index (κ1) is 12.0. The maximum absolute atomic E-state index is 5.98. The Balaban J connectivity index is 2.05. The highest BCUT2D eigenvalue weighted by Gasteiger charge is 2.12. The quantitative estimate of drug-likeness (QED) is 0.876. The third-order valence-electron chi connectivity index (χ3n) is 2.74. The molecule has 0 saturated carbocycles. The molecular formula is C12H18N4S. The first-order valence-corrected chi connectivity index (χ1v) is 6.54. The number of nitrogens with two attached hydrogens (primary N) is 1. The topological polar surface area (TPSA) is 55.9 Å². The summed E-state index contributed by atoms with van der Waals surface area (Å²) in [6, 6.07) is 4.57. The van der Waals surface area contributed by atoms with Gasteiger partial charge >= 0.3 is 0 Å². The van der Waals surface area contributed by atoms with Gasteiger partial charge in [-0.05, 0) is 25.3 Å². The summed E-state index contributed by atoms with van der Waals surface area (Å²) in [5.74, 6) is 0.909. The lowest BCUT2D eigenvalue weighted by Crippen LogP contribution is -2.20. The molecular weight excluding hydrogens is 232 g/mol. The molecule has 0 aliphatic heterocycles. The lowest BCUT2D eigenvalue weighted by molar-refractivity contribution is 0.727. The van der Waals surface area contributed by atoms with Crippen LogP contribution >= 0.6 is 11.3 Å². The zero-order valence-electron chi connectivity index (χ0n) is 10.4. The molecule has 0 bridgehead atoms. The molecule has 0 spiro atoms. The van der Waals surface area contributed by atoms with Crippen molar-refractivity contribution < 1.29 is 0 Å². The van der Waals surface area contributed by atoms with Crippen LogP contribution in [0.3, 0.4) is 0 Å². The van der Waals surface area contributed by atoms with E-state index in [1.54, 1.807) is 16.0 Å². The van der Waals surface area contributed by atoms with Crippen LogP contribution in [0.1, 0.15) is 17.5 Å². The van der Waals surface area contributed by atoms with Crippen molar-refractivity contribution in [3.63, 3.8) is 0 Å². The maximum Gasteiger partial charge on any atom is 0.147 e. The fourth-order valence-electron chi connectivity index (χ4n) is 1.86. The Kier molecular flexibility index (Phi) is 3.38. The Morgan fingerprint density at radius 2 is 2.35 bits per heavy atom. The predicted molar refractivity (Wildman–Crippen MR) is 73.5 cm³/mol. The van der Waals surface area contributed by atoms with Crippen LogP contribution < -0.4 is 11.1 Å². The van der Waals surface area contributed by atoms with Crippen LogP contribution in [0.2, 0.25) is 0 Å². The summed E-state index contributed by atoms with van der Waals surface area (Å²) in [7, 11) is 1.91. The number of aryl methyl sites for hydroxylation is 2. The number of aromatic nitrogens is 2. The van der Waals surface area contributed by atoms with Gasteiger partial charge in [0.25, 0.3) is 0 Å². The third-order valence-corrected chi connectivity index (χ3v) is 3.64. The minimum atomic E-state index is 0.339. The number of anilines is 2.